The molecule has 33 heavy (non-hydrogen) atoms. The largest absolute Gasteiger partial charge is 0.356 e. The lowest BCUT2D eigenvalue weighted by atomic mass is 9.87. The highest BCUT2D eigenvalue weighted by Crippen LogP contribution is 2.25. The van der Waals surface area contributed by atoms with Crippen LogP contribution in [0.3, 0.4) is 0 Å². The second kappa shape index (κ2) is 10.8. The molecule has 1 amide bonds. The van der Waals surface area contributed by atoms with E-state index >= 15 is 0 Å². The number of aromatic nitrogens is 2. The Balaban J connectivity index is 1.24. The van der Waals surface area contributed by atoms with Crippen molar-refractivity contribution >= 4 is 5.91 Å². The molecule has 7 heteroatoms. The molecule has 2 fully saturated rings. The minimum Gasteiger partial charge on any atom is -0.356 e. The first-order valence-corrected chi connectivity index (χ1v) is 12.5. The number of benzene rings is 1. The van der Waals surface area contributed by atoms with Crippen LogP contribution in [0.4, 0.5) is 0 Å². The normalized spacial score (nSPS) is 20.3. The standard InChI is InChI=1S/C26H39N5O2/c1-26(2,3)22-11-9-20(10-12-22)24-28-23(33-29-24)19-31-16-6-8-21(18-31)25(32)27-13-7-17-30-14-4-5-15-30/h9-12,21H,4-8,13-19H2,1-3H3,(H,27,32). The zero-order valence-electron chi connectivity index (χ0n) is 20.5. The molecule has 1 unspecified atom stereocenters. The monoisotopic (exact) mass is 453 g/mol. The van der Waals surface area contributed by atoms with E-state index in [-0.39, 0.29) is 17.2 Å². The number of likely N-dealkylation sites (tertiary alicyclic amines) is 2. The minimum absolute atomic E-state index is 0.0397. The number of amides is 1. The lowest BCUT2D eigenvalue weighted by molar-refractivity contribution is -0.126. The molecule has 2 aliphatic heterocycles. The maximum absolute atomic E-state index is 12.7. The van der Waals surface area contributed by atoms with E-state index in [1.807, 2.05) is 0 Å². The first-order chi connectivity index (χ1) is 15.9. The summed E-state index contributed by atoms with van der Waals surface area (Å²) in [7, 11) is 0. The fourth-order valence-electron chi connectivity index (χ4n) is 4.82. The van der Waals surface area contributed by atoms with Crippen LogP contribution in [0.15, 0.2) is 28.8 Å². The number of hydrogen-bond acceptors (Lipinski definition) is 6. The topological polar surface area (TPSA) is 74.5 Å². The van der Waals surface area contributed by atoms with Crippen LogP contribution in [0.5, 0.6) is 0 Å². The van der Waals surface area contributed by atoms with E-state index in [2.05, 4.69) is 70.3 Å². The van der Waals surface area contributed by atoms with E-state index in [0.29, 0.717) is 18.3 Å². The van der Waals surface area contributed by atoms with Gasteiger partial charge in [-0.3, -0.25) is 9.69 Å². The van der Waals surface area contributed by atoms with E-state index < -0.39 is 0 Å². The Morgan fingerprint density at radius 1 is 1.09 bits per heavy atom. The summed E-state index contributed by atoms with van der Waals surface area (Å²) >= 11 is 0. The summed E-state index contributed by atoms with van der Waals surface area (Å²) < 4.78 is 5.54. The van der Waals surface area contributed by atoms with Crippen molar-refractivity contribution in [2.45, 2.75) is 64.8 Å². The summed E-state index contributed by atoms with van der Waals surface area (Å²) in [5, 5.41) is 7.34. The van der Waals surface area contributed by atoms with Crippen LogP contribution in [0.2, 0.25) is 0 Å². The number of hydrogen-bond donors (Lipinski definition) is 1. The molecular weight excluding hydrogens is 414 g/mol. The lowest BCUT2D eigenvalue weighted by Gasteiger charge is -2.30. The van der Waals surface area contributed by atoms with Crippen molar-refractivity contribution in [2.24, 2.45) is 5.92 Å². The first kappa shape index (κ1) is 23.9. The van der Waals surface area contributed by atoms with Crippen LogP contribution in [-0.2, 0) is 16.8 Å². The highest BCUT2D eigenvalue weighted by Gasteiger charge is 2.27. The minimum atomic E-state index is 0.0397. The first-order valence-electron chi connectivity index (χ1n) is 12.5. The van der Waals surface area contributed by atoms with Crippen LogP contribution in [0.1, 0.15) is 64.3 Å². The second-order valence-corrected chi connectivity index (χ2v) is 10.6. The number of carbonyl (C=O) groups excluding carboxylic acids is 1. The molecule has 0 radical (unpaired) electrons. The number of nitrogens with zero attached hydrogens (tertiary/aromatic N) is 4. The third kappa shape index (κ3) is 6.64. The SMILES string of the molecule is CC(C)(C)c1ccc(-c2noc(CN3CCCC(C(=O)NCCCN4CCCC4)C3)n2)cc1. The zero-order valence-corrected chi connectivity index (χ0v) is 20.5. The molecule has 0 aliphatic carbocycles. The van der Waals surface area contributed by atoms with Gasteiger partial charge in [-0.15, -0.1) is 0 Å². The van der Waals surface area contributed by atoms with Gasteiger partial charge in [-0.1, -0.05) is 50.2 Å². The predicted molar refractivity (Wildman–Crippen MR) is 130 cm³/mol. The molecule has 0 bridgehead atoms. The third-order valence-electron chi connectivity index (χ3n) is 6.86. The van der Waals surface area contributed by atoms with Crippen molar-refractivity contribution in [3.63, 3.8) is 0 Å². The van der Waals surface area contributed by atoms with E-state index in [0.717, 1.165) is 51.0 Å². The molecule has 2 saturated heterocycles. The summed E-state index contributed by atoms with van der Waals surface area (Å²) in [4.78, 5) is 22.0. The van der Waals surface area contributed by atoms with Crippen LogP contribution >= 0.6 is 0 Å². The van der Waals surface area contributed by atoms with Gasteiger partial charge in [0.2, 0.25) is 17.6 Å². The number of carbonyl (C=O) groups is 1. The highest BCUT2D eigenvalue weighted by atomic mass is 16.5. The van der Waals surface area contributed by atoms with E-state index in [4.69, 9.17) is 4.52 Å². The summed E-state index contributed by atoms with van der Waals surface area (Å²) in [6.07, 6.45) is 5.62. The molecule has 1 N–H and O–H groups in total. The Morgan fingerprint density at radius 2 is 1.82 bits per heavy atom. The molecule has 0 saturated carbocycles. The Kier molecular flexibility index (Phi) is 7.81. The lowest BCUT2D eigenvalue weighted by Crippen LogP contribution is -2.43. The van der Waals surface area contributed by atoms with Gasteiger partial charge >= 0.3 is 0 Å². The second-order valence-electron chi connectivity index (χ2n) is 10.6. The van der Waals surface area contributed by atoms with Gasteiger partial charge < -0.3 is 14.7 Å². The van der Waals surface area contributed by atoms with E-state index in [1.165, 1.54) is 31.5 Å². The summed E-state index contributed by atoms with van der Waals surface area (Å²) in [6.45, 7) is 13.2. The summed E-state index contributed by atoms with van der Waals surface area (Å²) in [5.74, 6) is 1.45. The van der Waals surface area contributed by atoms with Crippen molar-refractivity contribution in [3.8, 4) is 11.4 Å². The van der Waals surface area contributed by atoms with Crippen molar-refractivity contribution < 1.29 is 9.32 Å². The van der Waals surface area contributed by atoms with E-state index in [9.17, 15) is 4.79 Å². The molecule has 1 atom stereocenters. The van der Waals surface area contributed by atoms with Gasteiger partial charge in [0.1, 0.15) is 0 Å². The molecule has 2 aliphatic rings. The molecule has 180 valence electrons. The summed E-state index contributed by atoms with van der Waals surface area (Å²) in [6, 6.07) is 8.37. The van der Waals surface area contributed by atoms with Crippen LogP contribution < -0.4 is 5.32 Å². The third-order valence-corrected chi connectivity index (χ3v) is 6.86. The highest BCUT2D eigenvalue weighted by molar-refractivity contribution is 5.78. The molecule has 4 rings (SSSR count). The van der Waals surface area contributed by atoms with Gasteiger partial charge in [0.25, 0.3) is 0 Å². The smallest absolute Gasteiger partial charge is 0.241 e. The van der Waals surface area contributed by atoms with Crippen molar-refractivity contribution in [2.75, 3.05) is 39.3 Å². The molecule has 0 spiro atoms. The molecule has 2 aromatic rings. The summed E-state index contributed by atoms with van der Waals surface area (Å²) in [5.41, 5.74) is 2.36. The van der Waals surface area contributed by atoms with E-state index in [1.54, 1.807) is 0 Å². The Hall–Kier alpha value is -2.25. The molecular formula is C26H39N5O2. The molecule has 1 aromatic heterocycles. The maximum Gasteiger partial charge on any atom is 0.241 e. The van der Waals surface area contributed by atoms with Crippen molar-refractivity contribution in [3.05, 3.63) is 35.7 Å². The van der Waals surface area contributed by atoms with Crippen LogP contribution in [0.25, 0.3) is 11.4 Å². The molecule has 3 heterocycles. The molecule has 7 nitrogen and oxygen atoms in total. The fraction of sp³-hybridized carbons (Fsp3) is 0.654. The Bertz CT molecular complexity index is 896. The average molecular weight is 454 g/mol. The van der Waals surface area contributed by atoms with Gasteiger partial charge in [0.05, 0.1) is 12.5 Å². The fourth-order valence-corrected chi connectivity index (χ4v) is 4.82. The molecule has 1 aromatic carbocycles. The number of piperidine rings is 1. The average Bonchev–Trinajstić information content (AvgIpc) is 3.49. The number of nitrogens with one attached hydrogen (secondary N) is 1. The van der Waals surface area contributed by atoms with Crippen LogP contribution in [-0.4, -0.2) is 65.1 Å². The predicted octanol–water partition coefficient (Wildman–Crippen LogP) is 3.85. The van der Waals surface area contributed by atoms with Crippen molar-refractivity contribution in [1.82, 2.24) is 25.3 Å². The maximum atomic E-state index is 12.7. The quantitative estimate of drug-likeness (QED) is 0.612. The van der Waals surface area contributed by atoms with Gasteiger partial charge in [-0.25, -0.2) is 0 Å². The Labute approximate surface area is 197 Å². The van der Waals surface area contributed by atoms with Gasteiger partial charge in [0, 0.05) is 18.7 Å². The van der Waals surface area contributed by atoms with Crippen molar-refractivity contribution in [1.29, 1.82) is 0 Å². The van der Waals surface area contributed by atoms with Gasteiger partial charge in [-0.2, -0.15) is 4.98 Å². The van der Waals surface area contributed by atoms with Gasteiger partial charge in [-0.05, 0) is 69.3 Å². The zero-order chi connectivity index (χ0) is 23.3. The Morgan fingerprint density at radius 3 is 2.55 bits per heavy atom. The van der Waals surface area contributed by atoms with Crippen LogP contribution in [0, 0.1) is 5.92 Å². The number of rotatable bonds is 8. The van der Waals surface area contributed by atoms with Gasteiger partial charge in [0.15, 0.2) is 0 Å².